The molecule has 1 N–H and O–H groups in total. The van der Waals surface area contributed by atoms with Crippen molar-refractivity contribution in [3.05, 3.63) is 66.4 Å². The number of nitrogens with one attached hydrogen (secondary N) is 1. The number of nitro groups is 1. The summed E-state index contributed by atoms with van der Waals surface area (Å²) in [4.78, 5) is 23.9. The van der Waals surface area contributed by atoms with Crippen LogP contribution in [0.1, 0.15) is 17.0 Å². The molecule has 0 saturated carbocycles. The van der Waals surface area contributed by atoms with Gasteiger partial charge in [-0.15, -0.1) is 16.5 Å². The quantitative estimate of drug-likeness (QED) is 0.324. The van der Waals surface area contributed by atoms with Gasteiger partial charge in [0.2, 0.25) is 0 Å². The highest BCUT2D eigenvalue weighted by atomic mass is 32.1. The predicted molar refractivity (Wildman–Crippen MR) is 100 cm³/mol. The molecule has 4 rings (SSSR count). The number of rotatable bonds is 3. The fraction of sp³-hybridized carbons (Fsp3) is 0.118. The SMILES string of the molecule is Cc1c(N=Nc2cccc([N+](=O)[O-])c2)c(=O)n2c(C)c3sc(=N)c(C#N)c-3n12. The van der Waals surface area contributed by atoms with E-state index in [4.69, 9.17) is 5.41 Å². The molecule has 28 heavy (non-hydrogen) atoms. The Morgan fingerprint density at radius 1 is 1.25 bits per heavy atom. The molecule has 3 heterocycles. The summed E-state index contributed by atoms with van der Waals surface area (Å²) in [6.07, 6.45) is 0. The largest absolute Gasteiger partial charge is 0.299 e. The molecule has 1 aromatic carbocycles. The number of nitriles is 1. The van der Waals surface area contributed by atoms with Gasteiger partial charge in [-0.2, -0.15) is 10.4 Å². The first-order valence-electron chi connectivity index (χ1n) is 7.99. The Balaban J connectivity index is 1.93. The van der Waals surface area contributed by atoms with Crippen molar-refractivity contribution in [2.45, 2.75) is 13.8 Å². The molecule has 0 unspecified atom stereocenters. The van der Waals surface area contributed by atoms with Crippen LogP contribution in [0.5, 0.6) is 0 Å². The minimum absolute atomic E-state index is 0.0677. The van der Waals surface area contributed by atoms with Crippen LogP contribution in [-0.2, 0) is 0 Å². The Labute approximate surface area is 160 Å². The van der Waals surface area contributed by atoms with Crippen molar-refractivity contribution in [2.24, 2.45) is 10.2 Å². The molecule has 0 atom stereocenters. The van der Waals surface area contributed by atoms with Gasteiger partial charge in [0.25, 0.3) is 11.2 Å². The van der Waals surface area contributed by atoms with E-state index in [-0.39, 0.29) is 27.3 Å². The average molecular weight is 393 g/mol. The van der Waals surface area contributed by atoms with Gasteiger partial charge in [-0.1, -0.05) is 6.07 Å². The number of non-ortho nitro benzene ring substituents is 1. The minimum Gasteiger partial charge on any atom is -0.289 e. The lowest BCUT2D eigenvalue weighted by atomic mass is 10.2. The van der Waals surface area contributed by atoms with Gasteiger partial charge in [0.15, 0.2) is 5.69 Å². The molecule has 2 aromatic rings. The normalized spacial score (nSPS) is 11.6. The molecule has 0 spiro atoms. The summed E-state index contributed by atoms with van der Waals surface area (Å²) in [6, 6.07) is 7.65. The third-order valence-corrected chi connectivity index (χ3v) is 5.52. The molecular weight excluding hydrogens is 382 g/mol. The van der Waals surface area contributed by atoms with Crippen LogP contribution in [0, 0.1) is 40.7 Å². The zero-order chi connectivity index (χ0) is 20.2. The lowest BCUT2D eigenvalue weighted by Gasteiger charge is -1.96. The summed E-state index contributed by atoms with van der Waals surface area (Å²) in [5, 5.41) is 36.2. The summed E-state index contributed by atoms with van der Waals surface area (Å²) < 4.78 is 3.11. The van der Waals surface area contributed by atoms with Crippen molar-refractivity contribution in [1.82, 2.24) is 9.03 Å². The van der Waals surface area contributed by atoms with Crippen LogP contribution in [0.4, 0.5) is 17.1 Å². The molecule has 10 nitrogen and oxygen atoms in total. The van der Waals surface area contributed by atoms with Crippen molar-refractivity contribution in [2.75, 3.05) is 0 Å². The molecule has 138 valence electrons. The Morgan fingerprint density at radius 3 is 2.68 bits per heavy atom. The van der Waals surface area contributed by atoms with Gasteiger partial charge in [-0.25, -0.2) is 9.03 Å². The van der Waals surface area contributed by atoms with Crippen LogP contribution < -0.4 is 10.2 Å². The van der Waals surface area contributed by atoms with Crippen LogP contribution in [0.15, 0.2) is 39.3 Å². The van der Waals surface area contributed by atoms with Gasteiger partial charge in [0.05, 0.1) is 26.9 Å². The Bertz CT molecular complexity index is 1420. The summed E-state index contributed by atoms with van der Waals surface area (Å²) >= 11 is 1.14. The average Bonchev–Trinajstić information content (AvgIpc) is 3.22. The maximum Gasteiger partial charge on any atom is 0.299 e. The maximum absolute atomic E-state index is 12.9. The molecular formula is C17H11N7O3S. The molecule has 2 aliphatic rings. The van der Waals surface area contributed by atoms with Gasteiger partial charge in [0.1, 0.15) is 22.0 Å². The Morgan fingerprint density at radius 2 is 2.00 bits per heavy atom. The second-order valence-electron chi connectivity index (χ2n) is 6.02. The third-order valence-electron chi connectivity index (χ3n) is 4.41. The molecule has 1 aromatic heterocycles. The van der Waals surface area contributed by atoms with Gasteiger partial charge < -0.3 is 0 Å². The van der Waals surface area contributed by atoms with Crippen molar-refractivity contribution in [1.29, 1.82) is 10.7 Å². The number of benzene rings is 1. The summed E-state index contributed by atoms with van der Waals surface area (Å²) in [6.45, 7) is 3.41. The number of aryl methyl sites for hydroxylation is 2. The molecule has 2 aliphatic heterocycles. The first-order chi connectivity index (χ1) is 13.3. The molecule has 0 amide bonds. The molecule has 0 aliphatic carbocycles. The van der Waals surface area contributed by atoms with E-state index in [1.54, 1.807) is 24.4 Å². The molecule has 0 radical (unpaired) electrons. The van der Waals surface area contributed by atoms with Crippen LogP contribution in [-0.4, -0.2) is 14.0 Å². The Kier molecular flexibility index (Phi) is 3.79. The first-order valence-corrected chi connectivity index (χ1v) is 8.80. The second-order valence-corrected chi connectivity index (χ2v) is 7.04. The van der Waals surface area contributed by atoms with Crippen LogP contribution >= 0.6 is 11.3 Å². The molecule has 11 heteroatoms. The standard InChI is InChI=1S/C17H11N7O3S/c1-8-13(21-20-10-4-3-5-11(6-10)24(26)27)17(25)23-9(2)15-14(22(8)23)12(7-18)16(19)28-15/h3-6,19H,1-2H3. The Hall–Kier alpha value is -3.91. The van der Waals surface area contributed by atoms with Crippen molar-refractivity contribution >= 4 is 28.4 Å². The topological polar surface area (TPSA) is 141 Å². The number of hydrogen-bond donors (Lipinski definition) is 1. The van der Waals surface area contributed by atoms with E-state index in [0.717, 1.165) is 11.3 Å². The zero-order valence-corrected chi connectivity index (χ0v) is 15.4. The second kappa shape index (κ2) is 6.07. The van der Waals surface area contributed by atoms with Gasteiger partial charge in [0, 0.05) is 12.1 Å². The van der Waals surface area contributed by atoms with E-state index in [9.17, 15) is 20.2 Å². The maximum atomic E-state index is 12.9. The number of azo groups is 1. The van der Waals surface area contributed by atoms with Crippen LogP contribution in [0.25, 0.3) is 10.6 Å². The summed E-state index contributed by atoms with van der Waals surface area (Å²) in [5.41, 5.74) is 1.55. The highest BCUT2D eigenvalue weighted by Gasteiger charge is 2.28. The number of aromatic nitrogens is 2. The van der Waals surface area contributed by atoms with Crippen molar-refractivity contribution in [3.8, 4) is 16.6 Å². The lowest BCUT2D eigenvalue weighted by molar-refractivity contribution is -0.384. The molecule has 0 saturated heterocycles. The number of thiophene rings is 1. The highest BCUT2D eigenvalue weighted by molar-refractivity contribution is 7.13. The van der Waals surface area contributed by atoms with Crippen molar-refractivity contribution < 1.29 is 4.92 Å². The fourth-order valence-electron chi connectivity index (χ4n) is 3.13. The zero-order valence-electron chi connectivity index (χ0n) is 14.6. The van der Waals surface area contributed by atoms with E-state index in [1.807, 2.05) is 6.07 Å². The van der Waals surface area contributed by atoms with Gasteiger partial charge in [-0.05, 0) is 19.9 Å². The molecule has 0 fully saturated rings. The van der Waals surface area contributed by atoms with E-state index in [0.29, 0.717) is 22.0 Å². The number of fused-ring (bicyclic) bond motifs is 3. The van der Waals surface area contributed by atoms with Crippen LogP contribution in [0.3, 0.4) is 0 Å². The smallest absolute Gasteiger partial charge is 0.289 e. The third kappa shape index (κ3) is 2.32. The lowest BCUT2D eigenvalue weighted by Crippen LogP contribution is -2.10. The summed E-state index contributed by atoms with van der Waals surface area (Å²) in [5.74, 6) is 0. The predicted octanol–water partition coefficient (Wildman–Crippen LogP) is 3.29. The molecule has 0 bridgehead atoms. The van der Waals surface area contributed by atoms with Crippen LogP contribution in [0.2, 0.25) is 0 Å². The van der Waals surface area contributed by atoms with E-state index in [2.05, 4.69) is 10.2 Å². The van der Waals surface area contributed by atoms with Gasteiger partial charge >= 0.3 is 0 Å². The minimum atomic E-state index is -0.537. The van der Waals surface area contributed by atoms with E-state index >= 15 is 0 Å². The summed E-state index contributed by atoms with van der Waals surface area (Å²) in [7, 11) is 0. The first kappa shape index (κ1) is 17.5. The number of hydrogen-bond acceptors (Lipinski definition) is 8. The number of nitro benzene ring substituents is 1. The number of nitrogens with zero attached hydrogens (tertiary/aromatic N) is 6. The fourth-order valence-corrected chi connectivity index (χ4v) is 4.10. The van der Waals surface area contributed by atoms with Gasteiger partial charge in [-0.3, -0.25) is 20.3 Å². The monoisotopic (exact) mass is 393 g/mol. The van der Waals surface area contributed by atoms with E-state index < -0.39 is 10.5 Å². The van der Waals surface area contributed by atoms with Crippen molar-refractivity contribution in [3.63, 3.8) is 0 Å². The van der Waals surface area contributed by atoms with E-state index in [1.165, 1.54) is 22.7 Å². The highest BCUT2D eigenvalue weighted by Crippen LogP contribution is 2.35.